The van der Waals surface area contributed by atoms with Crippen LogP contribution in [0.5, 0.6) is 5.75 Å². The number of rotatable bonds is 8. The van der Waals surface area contributed by atoms with Crippen molar-refractivity contribution in [3.63, 3.8) is 0 Å². The summed E-state index contributed by atoms with van der Waals surface area (Å²) in [7, 11) is 1.42. The number of benzene rings is 3. The van der Waals surface area contributed by atoms with Crippen molar-refractivity contribution in [3.8, 4) is 16.9 Å². The van der Waals surface area contributed by atoms with Crippen molar-refractivity contribution in [3.05, 3.63) is 118 Å². The van der Waals surface area contributed by atoms with Gasteiger partial charge in [-0.3, -0.25) is 4.98 Å². The number of ether oxygens (including phenoxy) is 1. The van der Waals surface area contributed by atoms with Crippen LogP contribution < -0.4 is 4.74 Å². The largest absolute Gasteiger partial charge is 0.496 e. The molecular formula is C29H24ClFN2O4. The van der Waals surface area contributed by atoms with E-state index in [4.69, 9.17) is 16.3 Å². The maximum atomic E-state index is 15.1. The molecule has 0 saturated heterocycles. The number of aryl methyl sites for hydroxylation is 1. The van der Waals surface area contributed by atoms with Crippen LogP contribution >= 0.6 is 11.6 Å². The number of aromatic carboxylic acids is 1. The number of carboxylic acid groups (broad SMARTS) is 1. The van der Waals surface area contributed by atoms with Crippen LogP contribution in [-0.2, 0) is 0 Å². The van der Waals surface area contributed by atoms with Crippen molar-refractivity contribution in [1.82, 2.24) is 4.98 Å². The lowest BCUT2D eigenvalue weighted by Crippen LogP contribution is -2.12. The van der Waals surface area contributed by atoms with E-state index in [1.165, 1.54) is 19.2 Å². The molecule has 2 N–H and O–H groups in total. The summed E-state index contributed by atoms with van der Waals surface area (Å²) in [4.78, 5) is 15.6. The standard InChI is InChI=1S/C29H24ClFN2O4/c1-17-13-21(11-12-32-17)27(33-36)16-25(23-10-8-22(30)15-26(23)31)19-5-3-18(4-6-19)20-7-9-24(29(34)35)28(14-20)37-2/h3-15,25,36H,16H2,1-2H3,(H,34,35). The summed E-state index contributed by atoms with van der Waals surface area (Å²) >= 11 is 6.00. The molecule has 0 aliphatic heterocycles. The fraction of sp³-hybridized carbons (Fsp3) is 0.138. The van der Waals surface area contributed by atoms with Crippen molar-refractivity contribution < 1.29 is 24.2 Å². The number of hydrogen-bond donors (Lipinski definition) is 2. The van der Waals surface area contributed by atoms with Gasteiger partial charge in [-0.1, -0.05) is 53.2 Å². The van der Waals surface area contributed by atoms with E-state index < -0.39 is 17.7 Å². The smallest absolute Gasteiger partial charge is 0.339 e. The van der Waals surface area contributed by atoms with E-state index >= 15 is 4.39 Å². The molecule has 0 fully saturated rings. The zero-order chi connectivity index (χ0) is 26.5. The third kappa shape index (κ3) is 5.78. The molecule has 1 heterocycles. The van der Waals surface area contributed by atoms with Crippen LogP contribution in [-0.4, -0.2) is 34.1 Å². The predicted octanol–water partition coefficient (Wildman–Crippen LogP) is 6.96. The van der Waals surface area contributed by atoms with Gasteiger partial charge in [0, 0.05) is 34.8 Å². The van der Waals surface area contributed by atoms with Crippen LogP contribution in [0.25, 0.3) is 11.1 Å². The van der Waals surface area contributed by atoms with E-state index in [0.717, 1.165) is 22.4 Å². The first-order valence-electron chi connectivity index (χ1n) is 11.4. The summed E-state index contributed by atoms with van der Waals surface area (Å²) < 4.78 is 20.3. The zero-order valence-corrected chi connectivity index (χ0v) is 20.9. The van der Waals surface area contributed by atoms with Crippen LogP contribution in [0.1, 0.15) is 45.1 Å². The Morgan fingerprint density at radius 1 is 1.05 bits per heavy atom. The highest BCUT2D eigenvalue weighted by molar-refractivity contribution is 6.30. The Labute approximate surface area is 218 Å². The second-order valence-corrected chi connectivity index (χ2v) is 8.93. The molecule has 37 heavy (non-hydrogen) atoms. The first-order valence-corrected chi connectivity index (χ1v) is 11.8. The molecule has 0 radical (unpaired) electrons. The molecule has 188 valence electrons. The van der Waals surface area contributed by atoms with Gasteiger partial charge >= 0.3 is 5.97 Å². The SMILES string of the molecule is COc1cc(-c2ccc(C(CC(=NO)c3ccnc(C)c3)c3ccc(Cl)cc3F)cc2)ccc1C(=O)O. The first-order chi connectivity index (χ1) is 17.8. The fourth-order valence-electron chi connectivity index (χ4n) is 4.28. The van der Waals surface area contributed by atoms with Gasteiger partial charge in [0.25, 0.3) is 0 Å². The van der Waals surface area contributed by atoms with Gasteiger partial charge < -0.3 is 15.1 Å². The van der Waals surface area contributed by atoms with E-state index in [1.54, 1.807) is 36.5 Å². The molecule has 1 aromatic heterocycles. The van der Waals surface area contributed by atoms with E-state index in [0.29, 0.717) is 16.8 Å². The number of aromatic nitrogens is 1. The Balaban J connectivity index is 1.73. The normalized spacial score (nSPS) is 12.3. The summed E-state index contributed by atoms with van der Waals surface area (Å²) in [6.07, 6.45) is 1.85. The number of pyridine rings is 1. The molecule has 8 heteroatoms. The molecule has 0 amide bonds. The minimum atomic E-state index is -1.07. The van der Waals surface area contributed by atoms with Gasteiger partial charge in [-0.05, 0) is 65.6 Å². The topological polar surface area (TPSA) is 92.0 Å². The van der Waals surface area contributed by atoms with E-state index in [-0.39, 0.29) is 22.8 Å². The highest BCUT2D eigenvalue weighted by Crippen LogP contribution is 2.35. The Kier molecular flexibility index (Phi) is 7.84. The highest BCUT2D eigenvalue weighted by Gasteiger charge is 2.22. The Hall–Kier alpha value is -4.23. The predicted molar refractivity (Wildman–Crippen MR) is 141 cm³/mol. The maximum Gasteiger partial charge on any atom is 0.339 e. The lowest BCUT2D eigenvalue weighted by atomic mass is 9.84. The Morgan fingerprint density at radius 2 is 1.78 bits per heavy atom. The molecule has 0 spiro atoms. The molecule has 3 aromatic carbocycles. The monoisotopic (exact) mass is 518 g/mol. The van der Waals surface area contributed by atoms with E-state index in [2.05, 4.69) is 10.1 Å². The number of hydrogen-bond acceptors (Lipinski definition) is 5. The van der Waals surface area contributed by atoms with Gasteiger partial charge in [0.05, 0.1) is 12.8 Å². The van der Waals surface area contributed by atoms with Crippen LogP contribution in [0.2, 0.25) is 5.02 Å². The number of nitrogens with zero attached hydrogens (tertiary/aromatic N) is 2. The number of carboxylic acids is 1. The second kappa shape index (κ2) is 11.2. The molecule has 0 aliphatic carbocycles. The zero-order valence-electron chi connectivity index (χ0n) is 20.2. The lowest BCUT2D eigenvalue weighted by Gasteiger charge is -2.20. The molecule has 1 unspecified atom stereocenters. The minimum Gasteiger partial charge on any atom is -0.496 e. The molecule has 4 rings (SSSR count). The third-order valence-corrected chi connectivity index (χ3v) is 6.40. The quantitative estimate of drug-likeness (QED) is 0.149. The lowest BCUT2D eigenvalue weighted by molar-refractivity contribution is 0.0693. The number of methoxy groups -OCH3 is 1. The van der Waals surface area contributed by atoms with Gasteiger partial charge in [0.15, 0.2) is 0 Å². The molecule has 0 aliphatic rings. The molecule has 0 bridgehead atoms. The van der Waals surface area contributed by atoms with Gasteiger partial charge in [0.2, 0.25) is 0 Å². The third-order valence-electron chi connectivity index (χ3n) is 6.16. The van der Waals surface area contributed by atoms with Gasteiger partial charge in [-0.25, -0.2) is 9.18 Å². The van der Waals surface area contributed by atoms with Crippen LogP contribution in [0.4, 0.5) is 4.39 Å². The summed E-state index contributed by atoms with van der Waals surface area (Å²) in [5.41, 5.74) is 4.73. The Bertz CT molecular complexity index is 1470. The Morgan fingerprint density at radius 3 is 2.41 bits per heavy atom. The van der Waals surface area contributed by atoms with Crippen LogP contribution in [0.15, 0.2) is 84.1 Å². The number of halogens is 2. The van der Waals surface area contributed by atoms with Gasteiger partial charge in [-0.2, -0.15) is 0 Å². The molecule has 4 aromatic rings. The van der Waals surface area contributed by atoms with Gasteiger partial charge in [-0.15, -0.1) is 0 Å². The summed E-state index contributed by atoms with van der Waals surface area (Å²) in [5, 5.41) is 23.0. The van der Waals surface area contributed by atoms with Crippen molar-refractivity contribution >= 4 is 23.3 Å². The molecule has 6 nitrogen and oxygen atoms in total. The summed E-state index contributed by atoms with van der Waals surface area (Å²) in [6.45, 7) is 1.84. The average molecular weight is 519 g/mol. The molecule has 0 saturated carbocycles. The fourth-order valence-corrected chi connectivity index (χ4v) is 4.44. The van der Waals surface area contributed by atoms with E-state index in [9.17, 15) is 15.1 Å². The summed E-state index contributed by atoms with van der Waals surface area (Å²) in [5.74, 6) is -1.75. The van der Waals surface area contributed by atoms with Crippen molar-refractivity contribution in [2.24, 2.45) is 5.16 Å². The number of oxime groups is 1. The second-order valence-electron chi connectivity index (χ2n) is 8.50. The number of carbonyl (C=O) groups is 1. The van der Waals surface area contributed by atoms with Crippen LogP contribution in [0, 0.1) is 12.7 Å². The highest BCUT2D eigenvalue weighted by atomic mass is 35.5. The molecule has 1 atom stereocenters. The average Bonchev–Trinajstić information content (AvgIpc) is 2.89. The van der Waals surface area contributed by atoms with E-state index in [1.807, 2.05) is 37.3 Å². The minimum absolute atomic E-state index is 0.0725. The van der Waals surface area contributed by atoms with Crippen molar-refractivity contribution in [2.75, 3.05) is 7.11 Å². The summed E-state index contributed by atoms with van der Waals surface area (Å²) in [6, 6.07) is 20.4. The van der Waals surface area contributed by atoms with Crippen molar-refractivity contribution in [1.29, 1.82) is 0 Å². The van der Waals surface area contributed by atoms with Gasteiger partial charge in [0.1, 0.15) is 17.1 Å². The molecular weight excluding hydrogens is 495 g/mol. The first kappa shape index (κ1) is 25.9. The van der Waals surface area contributed by atoms with Crippen molar-refractivity contribution in [2.45, 2.75) is 19.3 Å². The maximum absolute atomic E-state index is 15.1. The van der Waals surface area contributed by atoms with Crippen LogP contribution in [0.3, 0.4) is 0 Å².